The minimum atomic E-state index is -4.60. The van der Waals surface area contributed by atoms with E-state index in [1.807, 2.05) is 59.3 Å². The number of piperazine rings is 1. The zero-order valence-corrected chi connectivity index (χ0v) is 41.9. The van der Waals surface area contributed by atoms with E-state index in [-0.39, 0.29) is 39.5 Å². The summed E-state index contributed by atoms with van der Waals surface area (Å²) in [6, 6.07) is 34.5. The van der Waals surface area contributed by atoms with E-state index in [1.165, 1.54) is 18.3 Å². The van der Waals surface area contributed by atoms with Crippen LogP contribution in [-0.4, -0.2) is 119 Å². The Morgan fingerprint density at radius 2 is 1.48 bits per heavy atom. The maximum Gasteiger partial charge on any atom is 0.393 e. The van der Waals surface area contributed by atoms with Crippen molar-refractivity contribution in [2.75, 3.05) is 77.7 Å². The molecule has 0 aliphatic carbocycles. The highest BCUT2D eigenvalue weighted by molar-refractivity contribution is 7.99. The summed E-state index contributed by atoms with van der Waals surface area (Å²) in [6.45, 7) is 4.60. The van der Waals surface area contributed by atoms with Crippen molar-refractivity contribution in [1.29, 1.82) is 0 Å². The van der Waals surface area contributed by atoms with E-state index < -0.39 is 38.6 Å². The number of carbonyl (C=O) groups excluding carboxylic acids is 1. The van der Waals surface area contributed by atoms with Crippen molar-refractivity contribution in [2.24, 2.45) is 0 Å². The molecule has 4 N–H and O–H groups in total. The number of sulfonamides is 2. The van der Waals surface area contributed by atoms with Gasteiger partial charge in [0.05, 0.1) is 46.8 Å². The molecule has 8 rings (SSSR count). The van der Waals surface area contributed by atoms with Gasteiger partial charge in [0.1, 0.15) is 0 Å². The number of alkyl halides is 3. The lowest BCUT2D eigenvalue weighted by atomic mass is 10.1. The molecule has 14 nitrogen and oxygen atoms in total. The number of benzene rings is 5. The van der Waals surface area contributed by atoms with Crippen LogP contribution in [0.2, 0.25) is 5.02 Å². The van der Waals surface area contributed by atoms with Crippen LogP contribution in [0.3, 0.4) is 0 Å². The van der Waals surface area contributed by atoms with Crippen LogP contribution < -0.4 is 24.6 Å². The van der Waals surface area contributed by atoms with Crippen molar-refractivity contribution in [3.05, 3.63) is 144 Å². The van der Waals surface area contributed by atoms with Gasteiger partial charge in [0, 0.05) is 95.8 Å². The van der Waals surface area contributed by atoms with Crippen molar-refractivity contribution >= 4 is 72.1 Å². The first-order valence-corrected chi connectivity index (χ1v) is 27.7. The standard InChI is InChI=1S/C50H54ClF3N8O6S3/c1-70(65,66)58-49(64)46-33-55-62(41-14-10-37(51)11-15-41)48(46)35-6-5-7-42(30-35)61-28-26-60(27-29-61)40-16-12-38(13-17-40)57-71(67,68)45-18-19-47(36(31-45)32-50(52,53)54)56-39(34-69-44-8-3-2-4-9-44)20-23-59-24-21-43(63)22-25-59/h2-19,30-31,33,39,43,56-57,63H,20-29,32,34H2,1H3,(H,58,64)/t39-/m1/s1. The number of halogens is 4. The Morgan fingerprint density at radius 3 is 2.14 bits per heavy atom. The molecule has 71 heavy (non-hydrogen) atoms. The summed E-state index contributed by atoms with van der Waals surface area (Å²) < 4.78 is 100.0. The number of rotatable bonds is 18. The monoisotopic (exact) mass is 1050 g/mol. The second-order valence-electron chi connectivity index (χ2n) is 17.6. The SMILES string of the molecule is CS(=O)(=O)NC(=O)c1cnn(-c2ccc(Cl)cc2)c1-c1cccc(N2CCN(c3ccc(NS(=O)(=O)c4ccc(N[C@H](CCN5CCC(O)CC5)CSc5ccccc5)c(CC(F)(F)F)c4)cc3)CC2)c1. The maximum atomic E-state index is 14.1. The smallest absolute Gasteiger partial charge is 0.393 e. The first-order chi connectivity index (χ1) is 33.9. The summed E-state index contributed by atoms with van der Waals surface area (Å²) in [7, 11) is -8.17. The van der Waals surface area contributed by atoms with Crippen LogP contribution in [0.4, 0.5) is 35.9 Å². The number of thioether (sulfide) groups is 1. The number of hydrogen-bond donors (Lipinski definition) is 4. The third-order valence-electron chi connectivity index (χ3n) is 12.3. The number of piperidine rings is 1. The fourth-order valence-electron chi connectivity index (χ4n) is 8.67. The molecule has 5 aromatic carbocycles. The Kier molecular flexibility index (Phi) is 16.2. The van der Waals surface area contributed by atoms with E-state index in [0.29, 0.717) is 79.7 Å². The minimum Gasteiger partial charge on any atom is -0.393 e. The molecule has 1 aromatic heterocycles. The summed E-state index contributed by atoms with van der Waals surface area (Å²) in [5.41, 5.74) is 3.69. The first kappa shape index (κ1) is 51.6. The molecule has 0 radical (unpaired) electrons. The molecule has 1 atom stereocenters. The topological polar surface area (TPSA) is 169 Å². The Bertz CT molecular complexity index is 3010. The number of carbonyl (C=O) groups is 1. The van der Waals surface area contributed by atoms with Crippen LogP contribution in [0.25, 0.3) is 16.9 Å². The fourth-order valence-corrected chi connectivity index (χ4v) is 11.3. The van der Waals surface area contributed by atoms with Gasteiger partial charge < -0.3 is 25.1 Å². The Morgan fingerprint density at radius 1 is 0.817 bits per heavy atom. The van der Waals surface area contributed by atoms with Crippen molar-refractivity contribution < 1.29 is 39.9 Å². The number of nitrogens with zero attached hydrogens (tertiary/aromatic N) is 5. The summed E-state index contributed by atoms with van der Waals surface area (Å²) in [5.74, 6) is -0.257. The van der Waals surface area contributed by atoms with E-state index in [4.69, 9.17) is 11.6 Å². The zero-order chi connectivity index (χ0) is 50.3. The molecule has 0 unspecified atom stereocenters. The number of likely N-dealkylation sites (tertiary alicyclic amines) is 1. The third kappa shape index (κ3) is 14.0. The molecule has 0 bridgehead atoms. The number of aromatic nitrogens is 2. The number of anilines is 4. The largest absolute Gasteiger partial charge is 0.393 e. The number of amides is 1. The van der Waals surface area contributed by atoms with Gasteiger partial charge in [-0.2, -0.15) is 18.3 Å². The van der Waals surface area contributed by atoms with Crippen LogP contribution >= 0.6 is 23.4 Å². The second kappa shape index (κ2) is 22.3. The molecule has 2 aliphatic rings. The lowest BCUT2D eigenvalue weighted by Gasteiger charge is -2.37. The predicted octanol–water partition coefficient (Wildman–Crippen LogP) is 8.53. The molecule has 376 valence electrons. The maximum absolute atomic E-state index is 14.1. The van der Waals surface area contributed by atoms with Crippen molar-refractivity contribution in [2.45, 2.75) is 53.8 Å². The molecule has 0 saturated carbocycles. The fraction of sp³-hybridized carbons (Fsp3) is 0.320. The highest BCUT2D eigenvalue weighted by Crippen LogP contribution is 2.34. The van der Waals surface area contributed by atoms with Crippen LogP contribution in [0.5, 0.6) is 0 Å². The van der Waals surface area contributed by atoms with Gasteiger partial charge in [0.2, 0.25) is 10.0 Å². The Hall–Kier alpha value is -5.77. The molecule has 2 fully saturated rings. The number of aliphatic hydroxyl groups excluding tert-OH is 1. The number of aliphatic hydroxyl groups is 1. The molecule has 6 aromatic rings. The van der Waals surface area contributed by atoms with Crippen LogP contribution in [-0.2, 0) is 26.5 Å². The van der Waals surface area contributed by atoms with Crippen molar-refractivity contribution in [1.82, 2.24) is 19.4 Å². The average Bonchev–Trinajstić information content (AvgIpc) is 3.79. The molecule has 21 heteroatoms. The van der Waals surface area contributed by atoms with Gasteiger partial charge in [-0.15, -0.1) is 11.8 Å². The van der Waals surface area contributed by atoms with Crippen LogP contribution in [0.15, 0.2) is 137 Å². The van der Waals surface area contributed by atoms with E-state index in [0.717, 1.165) is 41.7 Å². The quantitative estimate of drug-likeness (QED) is 0.0607. The van der Waals surface area contributed by atoms with E-state index >= 15 is 0 Å². The second-order valence-corrected chi connectivity index (χ2v) is 22.6. The van der Waals surface area contributed by atoms with E-state index in [2.05, 4.69) is 29.8 Å². The van der Waals surface area contributed by atoms with Gasteiger partial charge in [-0.05, 0) is 116 Å². The van der Waals surface area contributed by atoms with Gasteiger partial charge in [-0.25, -0.2) is 26.2 Å². The normalized spacial score (nSPS) is 15.6. The van der Waals surface area contributed by atoms with E-state index in [9.17, 15) is 39.9 Å². The Balaban J connectivity index is 0.931. The van der Waals surface area contributed by atoms with Gasteiger partial charge in [0.15, 0.2) is 0 Å². The van der Waals surface area contributed by atoms with Crippen molar-refractivity contribution in [3.8, 4) is 16.9 Å². The summed E-state index contributed by atoms with van der Waals surface area (Å²) in [5, 5.41) is 18.3. The van der Waals surface area contributed by atoms with Gasteiger partial charge in [-0.1, -0.05) is 41.9 Å². The van der Waals surface area contributed by atoms with Gasteiger partial charge in [-0.3, -0.25) is 9.52 Å². The molecular formula is C50H54ClF3N8O6S3. The van der Waals surface area contributed by atoms with Crippen molar-refractivity contribution in [3.63, 3.8) is 0 Å². The van der Waals surface area contributed by atoms with Gasteiger partial charge in [0.25, 0.3) is 15.9 Å². The molecule has 2 aliphatic heterocycles. The van der Waals surface area contributed by atoms with E-state index in [1.54, 1.807) is 65.0 Å². The third-order valence-corrected chi connectivity index (χ3v) is 15.7. The van der Waals surface area contributed by atoms with Crippen LogP contribution in [0, 0.1) is 0 Å². The zero-order valence-electron chi connectivity index (χ0n) is 38.7. The minimum absolute atomic E-state index is 0.0654. The average molecular weight is 1050 g/mol. The molecular weight excluding hydrogens is 997 g/mol. The highest BCUT2D eigenvalue weighted by atomic mass is 35.5. The first-order valence-electron chi connectivity index (χ1n) is 23.0. The number of nitrogens with one attached hydrogen (secondary N) is 3. The van der Waals surface area contributed by atoms with Gasteiger partial charge >= 0.3 is 6.18 Å². The lowest BCUT2D eigenvalue weighted by Crippen LogP contribution is -2.46. The predicted molar refractivity (Wildman–Crippen MR) is 275 cm³/mol. The molecule has 1 amide bonds. The molecule has 2 saturated heterocycles. The Labute approximate surface area is 421 Å². The summed E-state index contributed by atoms with van der Waals surface area (Å²) >= 11 is 7.73. The summed E-state index contributed by atoms with van der Waals surface area (Å²) in [4.78, 5) is 20.5. The highest BCUT2D eigenvalue weighted by Gasteiger charge is 2.31. The lowest BCUT2D eigenvalue weighted by molar-refractivity contribution is -0.127. The summed E-state index contributed by atoms with van der Waals surface area (Å²) in [6.07, 6.45) is -2.05. The van der Waals surface area contributed by atoms with Crippen LogP contribution in [0.1, 0.15) is 35.2 Å². The number of hydrogen-bond acceptors (Lipinski definition) is 12. The molecule has 0 spiro atoms. The molecule has 3 heterocycles.